The molecular weight excluding hydrogens is 374 g/mol. The molecule has 2 heterocycles. The van der Waals surface area contributed by atoms with Crippen LogP contribution in [0.5, 0.6) is 0 Å². The van der Waals surface area contributed by atoms with E-state index in [1.807, 2.05) is 59.1 Å². The molecule has 4 aromatic rings. The SMILES string of the molecule is CS(=O)(=O)c1ccc(C(=O)Nc2c(-c3ccccc3)nc3ccccn23)cc1. The first kappa shape index (κ1) is 17.9. The fourth-order valence-electron chi connectivity index (χ4n) is 2.95. The second-order valence-corrected chi connectivity index (χ2v) is 8.37. The van der Waals surface area contributed by atoms with Gasteiger partial charge in [0.2, 0.25) is 0 Å². The van der Waals surface area contributed by atoms with Gasteiger partial charge in [-0.1, -0.05) is 36.4 Å². The number of hydrogen-bond donors (Lipinski definition) is 1. The van der Waals surface area contributed by atoms with Gasteiger partial charge in [-0.15, -0.1) is 0 Å². The van der Waals surface area contributed by atoms with Gasteiger partial charge in [0.1, 0.15) is 17.2 Å². The number of nitrogens with one attached hydrogen (secondary N) is 1. The van der Waals surface area contributed by atoms with Crippen molar-refractivity contribution in [1.29, 1.82) is 0 Å². The summed E-state index contributed by atoms with van der Waals surface area (Å²) < 4.78 is 25.0. The lowest BCUT2D eigenvalue weighted by molar-refractivity contribution is 0.102. The molecule has 0 atom stereocenters. The Bertz CT molecular complexity index is 1260. The molecule has 0 saturated heterocycles. The zero-order chi connectivity index (χ0) is 19.7. The maximum atomic E-state index is 12.8. The first-order chi connectivity index (χ1) is 13.4. The van der Waals surface area contributed by atoms with Gasteiger partial charge in [-0.2, -0.15) is 0 Å². The molecule has 0 fully saturated rings. The lowest BCUT2D eigenvalue weighted by Gasteiger charge is -2.08. The van der Waals surface area contributed by atoms with Crippen molar-refractivity contribution in [3.63, 3.8) is 0 Å². The predicted molar refractivity (Wildman–Crippen MR) is 108 cm³/mol. The van der Waals surface area contributed by atoms with Gasteiger partial charge in [0, 0.05) is 23.6 Å². The minimum atomic E-state index is -3.31. The highest BCUT2D eigenvalue weighted by atomic mass is 32.2. The maximum absolute atomic E-state index is 12.8. The highest BCUT2D eigenvalue weighted by molar-refractivity contribution is 7.90. The quantitative estimate of drug-likeness (QED) is 0.576. The third kappa shape index (κ3) is 3.39. The van der Waals surface area contributed by atoms with E-state index in [4.69, 9.17) is 0 Å². The zero-order valence-corrected chi connectivity index (χ0v) is 15.8. The van der Waals surface area contributed by atoms with Crippen LogP contribution in [0.25, 0.3) is 16.9 Å². The van der Waals surface area contributed by atoms with E-state index in [1.165, 1.54) is 24.3 Å². The standard InChI is InChI=1S/C21H17N3O3S/c1-28(26,27)17-12-10-16(11-13-17)21(25)23-20-19(15-7-3-2-4-8-15)22-18-9-5-6-14-24(18)20/h2-14H,1H3,(H,23,25). The van der Waals surface area contributed by atoms with E-state index in [0.717, 1.165) is 11.8 Å². The summed E-state index contributed by atoms with van der Waals surface area (Å²) in [4.78, 5) is 17.6. The normalized spacial score (nSPS) is 11.5. The summed E-state index contributed by atoms with van der Waals surface area (Å²) in [6.07, 6.45) is 2.96. The molecule has 7 heteroatoms. The van der Waals surface area contributed by atoms with Gasteiger partial charge in [-0.3, -0.25) is 9.20 Å². The van der Waals surface area contributed by atoms with Crippen LogP contribution in [0.2, 0.25) is 0 Å². The monoisotopic (exact) mass is 391 g/mol. The molecule has 0 unspecified atom stereocenters. The van der Waals surface area contributed by atoms with E-state index in [1.54, 1.807) is 0 Å². The Kier molecular flexibility index (Phi) is 4.44. The second kappa shape index (κ2) is 6.94. The lowest BCUT2D eigenvalue weighted by atomic mass is 10.1. The molecule has 0 aliphatic heterocycles. The summed E-state index contributed by atoms with van der Waals surface area (Å²) in [6.45, 7) is 0. The van der Waals surface area contributed by atoms with Crippen LogP contribution in [0.3, 0.4) is 0 Å². The third-order valence-corrected chi connectivity index (χ3v) is 5.48. The number of sulfone groups is 1. The Morgan fingerprint density at radius 3 is 2.29 bits per heavy atom. The molecule has 0 saturated carbocycles. The number of amides is 1. The van der Waals surface area contributed by atoms with Gasteiger partial charge < -0.3 is 5.32 Å². The molecule has 1 N–H and O–H groups in total. The summed E-state index contributed by atoms with van der Waals surface area (Å²) in [5.74, 6) is 0.210. The number of aromatic nitrogens is 2. The summed E-state index contributed by atoms with van der Waals surface area (Å²) in [5, 5.41) is 2.92. The molecule has 2 aromatic heterocycles. The number of imidazole rings is 1. The Morgan fingerprint density at radius 1 is 0.929 bits per heavy atom. The summed E-state index contributed by atoms with van der Waals surface area (Å²) in [7, 11) is -3.31. The van der Waals surface area contributed by atoms with Crippen molar-refractivity contribution < 1.29 is 13.2 Å². The van der Waals surface area contributed by atoms with Crippen molar-refractivity contribution in [2.45, 2.75) is 4.90 Å². The molecule has 4 rings (SSSR count). The smallest absolute Gasteiger partial charge is 0.256 e. The van der Waals surface area contributed by atoms with Crippen molar-refractivity contribution in [2.75, 3.05) is 11.6 Å². The molecule has 0 aliphatic carbocycles. The van der Waals surface area contributed by atoms with Crippen LogP contribution < -0.4 is 5.32 Å². The maximum Gasteiger partial charge on any atom is 0.256 e. The van der Waals surface area contributed by atoms with Gasteiger partial charge in [-0.05, 0) is 36.4 Å². The topological polar surface area (TPSA) is 80.5 Å². The van der Waals surface area contributed by atoms with Gasteiger partial charge in [-0.25, -0.2) is 13.4 Å². The average Bonchev–Trinajstić information content (AvgIpc) is 3.06. The van der Waals surface area contributed by atoms with Gasteiger partial charge in [0.15, 0.2) is 9.84 Å². The fraction of sp³-hybridized carbons (Fsp3) is 0.0476. The fourth-order valence-corrected chi connectivity index (χ4v) is 3.58. The molecule has 28 heavy (non-hydrogen) atoms. The minimum absolute atomic E-state index is 0.170. The van der Waals surface area contributed by atoms with E-state index >= 15 is 0 Å². The Balaban J connectivity index is 1.74. The lowest BCUT2D eigenvalue weighted by Crippen LogP contribution is -2.14. The third-order valence-electron chi connectivity index (χ3n) is 4.35. The van der Waals surface area contributed by atoms with E-state index in [-0.39, 0.29) is 10.8 Å². The number of benzene rings is 2. The molecule has 1 amide bonds. The summed E-state index contributed by atoms with van der Waals surface area (Å²) >= 11 is 0. The predicted octanol–water partition coefficient (Wildman–Crippen LogP) is 3.66. The first-order valence-corrected chi connectivity index (χ1v) is 10.5. The average molecular weight is 391 g/mol. The second-order valence-electron chi connectivity index (χ2n) is 6.35. The molecule has 2 aromatic carbocycles. The first-order valence-electron chi connectivity index (χ1n) is 8.57. The number of nitrogens with zero attached hydrogens (tertiary/aromatic N) is 2. The molecule has 140 valence electrons. The van der Waals surface area contributed by atoms with Crippen molar-refractivity contribution in [3.05, 3.63) is 84.6 Å². The van der Waals surface area contributed by atoms with Gasteiger partial charge in [0.25, 0.3) is 5.91 Å². The van der Waals surface area contributed by atoms with Crippen LogP contribution >= 0.6 is 0 Å². The summed E-state index contributed by atoms with van der Waals surface area (Å²) in [5.41, 5.74) is 2.61. The Hall–Kier alpha value is -3.45. The van der Waals surface area contributed by atoms with Gasteiger partial charge >= 0.3 is 0 Å². The van der Waals surface area contributed by atoms with E-state index in [0.29, 0.717) is 22.7 Å². The van der Waals surface area contributed by atoms with Crippen LogP contribution in [-0.4, -0.2) is 30.0 Å². The number of hydrogen-bond acceptors (Lipinski definition) is 4. The van der Waals surface area contributed by atoms with Crippen LogP contribution in [0.15, 0.2) is 83.9 Å². The Labute approximate surface area is 162 Å². The number of anilines is 1. The molecule has 6 nitrogen and oxygen atoms in total. The molecular formula is C21H17N3O3S. The summed E-state index contributed by atoms with van der Waals surface area (Å²) in [6, 6.07) is 21.1. The molecule has 0 radical (unpaired) electrons. The van der Waals surface area contributed by atoms with Crippen molar-refractivity contribution in [2.24, 2.45) is 0 Å². The van der Waals surface area contributed by atoms with E-state index in [9.17, 15) is 13.2 Å². The molecule has 0 aliphatic rings. The van der Waals surface area contributed by atoms with Crippen LogP contribution in [-0.2, 0) is 9.84 Å². The highest BCUT2D eigenvalue weighted by Gasteiger charge is 2.17. The van der Waals surface area contributed by atoms with Crippen molar-refractivity contribution in [1.82, 2.24) is 9.38 Å². The minimum Gasteiger partial charge on any atom is -0.306 e. The van der Waals surface area contributed by atoms with Crippen molar-refractivity contribution in [3.8, 4) is 11.3 Å². The largest absolute Gasteiger partial charge is 0.306 e. The van der Waals surface area contributed by atoms with Gasteiger partial charge in [0.05, 0.1) is 4.90 Å². The number of carbonyl (C=O) groups is 1. The van der Waals surface area contributed by atoms with E-state index < -0.39 is 9.84 Å². The van der Waals surface area contributed by atoms with Crippen LogP contribution in [0.1, 0.15) is 10.4 Å². The zero-order valence-electron chi connectivity index (χ0n) is 15.0. The number of carbonyl (C=O) groups excluding carboxylic acids is 1. The number of fused-ring (bicyclic) bond motifs is 1. The van der Waals surface area contributed by atoms with E-state index in [2.05, 4.69) is 10.3 Å². The van der Waals surface area contributed by atoms with Crippen LogP contribution in [0, 0.1) is 0 Å². The van der Waals surface area contributed by atoms with Crippen molar-refractivity contribution >= 4 is 27.2 Å². The number of rotatable bonds is 4. The highest BCUT2D eigenvalue weighted by Crippen LogP contribution is 2.29. The number of pyridine rings is 1. The molecule has 0 bridgehead atoms. The Morgan fingerprint density at radius 2 is 1.61 bits per heavy atom. The van der Waals surface area contributed by atoms with Crippen LogP contribution in [0.4, 0.5) is 5.82 Å². The molecule has 0 spiro atoms.